The van der Waals surface area contributed by atoms with Crippen LogP contribution in [0, 0.1) is 0 Å². The molecule has 0 aromatic heterocycles. The van der Waals surface area contributed by atoms with Gasteiger partial charge in [-0.2, -0.15) is 0 Å². The van der Waals surface area contributed by atoms with Crippen molar-refractivity contribution < 1.29 is 9.59 Å². The number of rotatable bonds is 5. The normalized spacial score (nSPS) is 10.3. The molecule has 22 heavy (non-hydrogen) atoms. The lowest BCUT2D eigenvalue weighted by molar-refractivity contribution is -0.120. The van der Waals surface area contributed by atoms with Crippen LogP contribution in [0.2, 0.25) is 10.0 Å². The van der Waals surface area contributed by atoms with E-state index in [0.29, 0.717) is 27.7 Å². The summed E-state index contributed by atoms with van der Waals surface area (Å²) in [6.45, 7) is 0.294. The topological polar surface area (TPSA) is 72.2 Å². The molecule has 0 aliphatic heterocycles. The number of nitrogens with two attached hydrogens (primary N) is 1. The first-order chi connectivity index (χ1) is 10.5. The molecule has 0 saturated heterocycles. The summed E-state index contributed by atoms with van der Waals surface area (Å²) >= 11 is 12.1. The molecular formula is C16H14Cl2N2O2. The zero-order valence-electron chi connectivity index (χ0n) is 11.6. The number of amides is 2. The Bertz CT molecular complexity index is 697. The molecule has 6 heteroatoms. The number of carbonyl (C=O) groups excluding carboxylic acids is 2. The SMILES string of the molecule is NC(=O)c1cccc(CNC(=O)Cc2c(Cl)cccc2Cl)c1. The van der Waals surface area contributed by atoms with Crippen LogP contribution >= 0.6 is 23.2 Å². The molecule has 0 aliphatic carbocycles. The van der Waals surface area contributed by atoms with Crippen molar-refractivity contribution in [2.24, 2.45) is 5.73 Å². The third-order valence-electron chi connectivity index (χ3n) is 3.10. The first kappa shape index (κ1) is 16.3. The zero-order valence-corrected chi connectivity index (χ0v) is 13.1. The summed E-state index contributed by atoms with van der Waals surface area (Å²) < 4.78 is 0. The molecule has 2 amide bonds. The maximum atomic E-state index is 12.0. The van der Waals surface area contributed by atoms with Crippen LogP contribution in [-0.2, 0) is 17.8 Å². The van der Waals surface area contributed by atoms with E-state index in [1.807, 2.05) is 0 Å². The van der Waals surface area contributed by atoms with E-state index in [-0.39, 0.29) is 12.3 Å². The lowest BCUT2D eigenvalue weighted by Gasteiger charge is -2.09. The first-order valence-corrected chi connectivity index (χ1v) is 7.31. The lowest BCUT2D eigenvalue weighted by atomic mass is 10.1. The highest BCUT2D eigenvalue weighted by atomic mass is 35.5. The van der Waals surface area contributed by atoms with Crippen molar-refractivity contribution in [1.82, 2.24) is 5.32 Å². The lowest BCUT2D eigenvalue weighted by Crippen LogP contribution is -2.25. The highest BCUT2D eigenvalue weighted by molar-refractivity contribution is 6.36. The van der Waals surface area contributed by atoms with Crippen molar-refractivity contribution in [2.45, 2.75) is 13.0 Å². The summed E-state index contributed by atoms with van der Waals surface area (Å²) in [7, 11) is 0. The summed E-state index contributed by atoms with van der Waals surface area (Å²) in [4.78, 5) is 23.1. The van der Waals surface area contributed by atoms with Crippen LogP contribution in [-0.4, -0.2) is 11.8 Å². The molecule has 2 aromatic carbocycles. The average molecular weight is 337 g/mol. The van der Waals surface area contributed by atoms with Gasteiger partial charge in [0.1, 0.15) is 0 Å². The largest absolute Gasteiger partial charge is 0.366 e. The first-order valence-electron chi connectivity index (χ1n) is 6.55. The van der Waals surface area contributed by atoms with Crippen molar-refractivity contribution in [3.8, 4) is 0 Å². The van der Waals surface area contributed by atoms with E-state index in [9.17, 15) is 9.59 Å². The predicted octanol–water partition coefficient (Wildman–Crippen LogP) is 2.95. The van der Waals surface area contributed by atoms with E-state index >= 15 is 0 Å². The molecule has 0 saturated carbocycles. The summed E-state index contributed by atoms with van der Waals surface area (Å²) in [5, 5.41) is 3.67. The Hall–Kier alpha value is -2.04. The van der Waals surface area contributed by atoms with Gasteiger partial charge < -0.3 is 11.1 Å². The van der Waals surface area contributed by atoms with Crippen LogP contribution in [0.1, 0.15) is 21.5 Å². The van der Waals surface area contributed by atoms with E-state index in [4.69, 9.17) is 28.9 Å². The van der Waals surface area contributed by atoms with Crippen LogP contribution in [0.4, 0.5) is 0 Å². The molecule has 0 fully saturated rings. The number of nitrogens with one attached hydrogen (secondary N) is 1. The Balaban J connectivity index is 1.99. The van der Waals surface area contributed by atoms with Crippen molar-refractivity contribution in [1.29, 1.82) is 0 Å². The van der Waals surface area contributed by atoms with Gasteiger partial charge in [-0.25, -0.2) is 0 Å². The summed E-state index contributed by atoms with van der Waals surface area (Å²) in [6, 6.07) is 11.9. The maximum Gasteiger partial charge on any atom is 0.248 e. The monoisotopic (exact) mass is 336 g/mol. The third kappa shape index (κ3) is 4.23. The van der Waals surface area contributed by atoms with Gasteiger partial charge in [-0.15, -0.1) is 0 Å². The van der Waals surface area contributed by atoms with Crippen molar-refractivity contribution in [3.63, 3.8) is 0 Å². The number of primary amides is 1. The van der Waals surface area contributed by atoms with Crippen molar-refractivity contribution >= 4 is 35.0 Å². The van der Waals surface area contributed by atoms with Gasteiger partial charge in [-0.3, -0.25) is 9.59 Å². The average Bonchev–Trinajstić information content (AvgIpc) is 2.49. The number of hydrogen-bond acceptors (Lipinski definition) is 2. The van der Waals surface area contributed by atoms with E-state index in [2.05, 4.69) is 5.32 Å². The van der Waals surface area contributed by atoms with Crippen LogP contribution in [0.15, 0.2) is 42.5 Å². The Morgan fingerprint density at radius 3 is 2.32 bits per heavy atom. The predicted molar refractivity (Wildman–Crippen MR) is 87.0 cm³/mol. The van der Waals surface area contributed by atoms with Gasteiger partial charge >= 0.3 is 0 Å². The fourth-order valence-electron chi connectivity index (χ4n) is 1.96. The maximum absolute atomic E-state index is 12.0. The molecule has 114 valence electrons. The quantitative estimate of drug-likeness (QED) is 0.880. The Labute approximate surface area is 138 Å². The molecule has 0 atom stereocenters. The second-order valence-corrected chi connectivity index (χ2v) is 5.53. The molecule has 0 bridgehead atoms. The van der Waals surface area contributed by atoms with Gasteiger partial charge in [0.05, 0.1) is 6.42 Å². The molecule has 2 rings (SSSR count). The molecule has 0 aliphatic rings. The summed E-state index contributed by atoms with van der Waals surface area (Å²) in [5.41, 5.74) is 7.00. The van der Waals surface area contributed by atoms with Crippen LogP contribution in [0.5, 0.6) is 0 Å². The minimum atomic E-state index is -0.504. The highest BCUT2D eigenvalue weighted by Crippen LogP contribution is 2.24. The molecule has 0 heterocycles. The van der Waals surface area contributed by atoms with Crippen molar-refractivity contribution in [3.05, 3.63) is 69.2 Å². The molecule has 0 unspecified atom stereocenters. The molecule has 2 aromatic rings. The van der Waals surface area contributed by atoms with E-state index in [1.54, 1.807) is 42.5 Å². The second-order valence-electron chi connectivity index (χ2n) is 4.72. The van der Waals surface area contributed by atoms with Gasteiger partial charge in [-0.1, -0.05) is 41.4 Å². The second kappa shape index (κ2) is 7.29. The van der Waals surface area contributed by atoms with E-state index < -0.39 is 5.91 Å². The fourth-order valence-corrected chi connectivity index (χ4v) is 2.49. The van der Waals surface area contributed by atoms with Crippen molar-refractivity contribution in [2.75, 3.05) is 0 Å². The Morgan fingerprint density at radius 1 is 1.05 bits per heavy atom. The van der Waals surface area contributed by atoms with Crippen LogP contribution in [0.25, 0.3) is 0 Å². The highest BCUT2D eigenvalue weighted by Gasteiger charge is 2.10. The summed E-state index contributed by atoms with van der Waals surface area (Å²) in [6.07, 6.45) is 0.0913. The number of hydrogen-bond donors (Lipinski definition) is 2. The fraction of sp³-hybridized carbons (Fsp3) is 0.125. The molecule has 0 spiro atoms. The Morgan fingerprint density at radius 2 is 1.68 bits per heavy atom. The third-order valence-corrected chi connectivity index (χ3v) is 3.81. The van der Waals surface area contributed by atoms with Crippen LogP contribution in [0.3, 0.4) is 0 Å². The van der Waals surface area contributed by atoms with Crippen LogP contribution < -0.4 is 11.1 Å². The van der Waals surface area contributed by atoms with E-state index in [0.717, 1.165) is 5.56 Å². The van der Waals surface area contributed by atoms with E-state index in [1.165, 1.54) is 0 Å². The van der Waals surface area contributed by atoms with Gasteiger partial charge in [0.25, 0.3) is 0 Å². The zero-order chi connectivity index (χ0) is 16.1. The minimum Gasteiger partial charge on any atom is -0.366 e. The number of halogens is 2. The molecule has 3 N–H and O–H groups in total. The molecule has 4 nitrogen and oxygen atoms in total. The Kier molecular flexibility index (Phi) is 5.41. The van der Waals surface area contributed by atoms with Gasteiger partial charge in [0.2, 0.25) is 11.8 Å². The number of carbonyl (C=O) groups is 2. The molecular weight excluding hydrogens is 323 g/mol. The standard InChI is InChI=1S/C16H14Cl2N2O2/c17-13-5-2-6-14(18)12(13)8-15(21)20-9-10-3-1-4-11(7-10)16(19)22/h1-7H,8-9H2,(H2,19,22)(H,20,21). The smallest absolute Gasteiger partial charge is 0.248 e. The van der Waals surface area contributed by atoms with Gasteiger partial charge in [0, 0.05) is 22.2 Å². The minimum absolute atomic E-state index is 0.0913. The number of benzene rings is 2. The summed E-state index contributed by atoms with van der Waals surface area (Å²) in [5.74, 6) is -0.712. The van der Waals surface area contributed by atoms with Gasteiger partial charge in [-0.05, 0) is 35.4 Å². The van der Waals surface area contributed by atoms with Gasteiger partial charge in [0.15, 0.2) is 0 Å². The molecule has 0 radical (unpaired) electrons.